The van der Waals surface area contributed by atoms with Crippen molar-refractivity contribution in [2.75, 3.05) is 26.9 Å². The molecule has 0 aromatic heterocycles. The molecule has 194 valence electrons. The lowest BCUT2D eigenvalue weighted by molar-refractivity contribution is 0.0920. The number of ether oxygens (including phenoxy) is 4. The van der Waals surface area contributed by atoms with Gasteiger partial charge in [0, 0.05) is 17.5 Å². The zero-order valence-electron chi connectivity index (χ0n) is 21.6. The predicted octanol–water partition coefficient (Wildman–Crippen LogP) is 6.13. The van der Waals surface area contributed by atoms with E-state index >= 15 is 0 Å². The van der Waals surface area contributed by atoms with Crippen molar-refractivity contribution in [1.82, 2.24) is 5.32 Å². The van der Waals surface area contributed by atoms with Gasteiger partial charge < -0.3 is 24.3 Å². The fourth-order valence-electron chi connectivity index (χ4n) is 5.01. The average Bonchev–Trinajstić information content (AvgIpc) is 3.82. The Labute approximate surface area is 214 Å². The van der Waals surface area contributed by atoms with Gasteiger partial charge in [0.05, 0.1) is 26.9 Å². The van der Waals surface area contributed by atoms with Gasteiger partial charge in [-0.15, -0.1) is 0 Å². The quantitative estimate of drug-likeness (QED) is 0.385. The first kappa shape index (κ1) is 24.8. The number of rotatable bonds is 12. The van der Waals surface area contributed by atoms with Crippen LogP contribution in [0.3, 0.4) is 0 Å². The van der Waals surface area contributed by atoms with Gasteiger partial charge in [-0.05, 0) is 93.2 Å². The Balaban J connectivity index is 1.30. The first-order valence-corrected chi connectivity index (χ1v) is 13.7. The van der Waals surface area contributed by atoms with Crippen molar-refractivity contribution in [3.05, 3.63) is 47.5 Å². The maximum Gasteiger partial charge on any atom is 0.251 e. The second kappa shape index (κ2) is 11.4. The Hall–Kier alpha value is -2.89. The van der Waals surface area contributed by atoms with Crippen LogP contribution in [0.5, 0.6) is 23.0 Å². The fraction of sp³-hybridized carbons (Fsp3) is 0.567. The monoisotopic (exact) mass is 493 g/mol. The average molecular weight is 494 g/mol. The van der Waals surface area contributed by atoms with Crippen molar-refractivity contribution in [3.8, 4) is 23.0 Å². The number of hydrogen-bond acceptors (Lipinski definition) is 5. The second-order valence-electron chi connectivity index (χ2n) is 10.5. The van der Waals surface area contributed by atoms with Crippen molar-refractivity contribution >= 4 is 5.91 Å². The molecular weight excluding hydrogens is 454 g/mol. The van der Waals surface area contributed by atoms with Crippen molar-refractivity contribution in [1.29, 1.82) is 0 Å². The van der Waals surface area contributed by atoms with E-state index < -0.39 is 0 Å². The Kier molecular flexibility index (Phi) is 7.88. The Bertz CT molecular complexity index is 1050. The van der Waals surface area contributed by atoms with Gasteiger partial charge in [0.2, 0.25) is 0 Å². The minimum atomic E-state index is -0.0598. The van der Waals surface area contributed by atoms with Gasteiger partial charge in [0.1, 0.15) is 0 Å². The summed E-state index contributed by atoms with van der Waals surface area (Å²) in [6.07, 6.45) is 9.17. The molecule has 3 aliphatic rings. The zero-order valence-corrected chi connectivity index (χ0v) is 21.6. The van der Waals surface area contributed by atoms with Crippen molar-refractivity contribution in [2.24, 2.45) is 11.8 Å². The van der Waals surface area contributed by atoms with Crippen LogP contribution in [0.15, 0.2) is 36.4 Å². The van der Waals surface area contributed by atoms with Gasteiger partial charge >= 0.3 is 0 Å². The number of methoxy groups -OCH3 is 1. The smallest absolute Gasteiger partial charge is 0.251 e. The molecule has 1 N–H and O–H groups in total. The topological polar surface area (TPSA) is 66.0 Å². The van der Waals surface area contributed by atoms with Gasteiger partial charge in [0.25, 0.3) is 5.91 Å². The summed E-state index contributed by atoms with van der Waals surface area (Å²) in [5.74, 6) is 4.40. The first-order chi connectivity index (χ1) is 17.6. The Morgan fingerprint density at radius 3 is 2.17 bits per heavy atom. The van der Waals surface area contributed by atoms with Gasteiger partial charge in [-0.25, -0.2) is 0 Å². The van der Waals surface area contributed by atoms with E-state index in [0.29, 0.717) is 36.4 Å². The van der Waals surface area contributed by atoms with E-state index in [1.807, 2.05) is 31.2 Å². The molecule has 1 amide bonds. The van der Waals surface area contributed by atoms with Crippen LogP contribution in [-0.4, -0.2) is 38.9 Å². The number of carbonyl (C=O) groups excluding carboxylic acids is 1. The lowest BCUT2D eigenvalue weighted by Crippen LogP contribution is -2.41. The zero-order chi connectivity index (χ0) is 24.9. The van der Waals surface area contributed by atoms with Crippen LogP contribution >= 0.6 is 0 Å². The molecule has 0 saturated heterocycles. The lowest BCUT2D eigenvalue weighted by atomic mass is 9.79. The molecule has 2 aromatic rings. The van der Waals surface area contributed by atoms with E-state index in [1.54, 1.807) is 7.11 Å². The number of benzene rings is 2. The largest absolute Gasteiger partial charge is 0.493 e. The molecule has 2 aromatic carbocycles. The fourth-order valence-corrected chi connectivity index (χ4v) is 5.01. The molecule has 0 spiro atoms. The van der Waals surface area contributed by atoms with E-state index in [1.165, 1.54) is 31.2 Å². The van der Waals surface area contributed by atoms with Crippen molar-refractivity contribution in [3.63, 3.8) is 0 Å². The summed E-state index contributed by atoms with van der Waals surface area (Å²) < 4.78 is 23.4. The Morgan fingerprint density at radius 1 is 0.806 bits per heavy atom. The van der Waals surface area contributed by atoms with Gasteiger partial charge in [-0.3, -0.25) is 4.79 Å². The number of amides is 1. The van der Waals surface area contributed by atoms with E-state index in [2.05, 4.69) is 17.4 Å². The summed E-state index contributed by atoms with van der Waals surface area (Å²) in [7, 11) is 1.66. The minimum absolute atomic E-state index is 0.0598. The highest BCUT2D eigenvalue weighted by atomic mass is 16.5. The molecule has 6 heteroatoms. The molecule has 2 atom stereocenters. The number of carbonyl (C=O) groups is 1. The Morgan fingerprint density at radius 2 is 1.47 bits per heavy atom. The molecule has 6 nitrogen and oxygen atoms in total. The highest BCUT2D eigenvalue weighted by molar-refractivity contribution is 5.95. The summed E-state index contributed by atoms with van der Waals surface area (Å²) in [6.45, 7) is 3.96. The molecule has 36 heavy (non-hydrogen) atoms. The summed E-state index contributed by atoms with van der Waals surface area (Å²) in [5.41, 5.74) is 1.80. The maximum absolute atomic E-state index is 13.4. The maximum atomic E-state index is 13.4. The molecule has 0 aliphatic heterocycles. The molecule has 3 aliphatic carbocycles. The van der Waals surface area contributed by atoms with Gasteiger partial charge in [0.15, 0.2) is 23.0 Å². The summed E-state index contributed by atoms with van der Waals surface area (Å²) in [6, 6.07) is 11.8. The molecule has 0 bridgehead atoms. The summed E-state index contributed by atoms with van der Waals surface area (Å²) >= 11 is 0. The number of nitrogens with one attached hydrogen (secondary N) is 1. The highest BCUT2D eigenvalue weighted by Crippen LogP contribution is 2.39. The third-order valence-corrected chi connectivity index (χ3v) is 7.55. The summed E-state index contributed by atoms with van der Waals surface area (Å²) in [4.78, 5) is 13.4. The molecular formula is C30H39NO5. The third kappa shape index (κ3) is 6.26. The van der Waals surface area contributed by atoms with Crippen LogP contribution in [0.1, 0.15) is 80.1 Å². The molecule has 5 rings (SSSR count). The van der Waals surface area contributed by atoms with E-state index in [-0.39, 0.29) is 17.9 Å². The summed E-state index contributed by atoms with van der Waals surface area (Å²) in [5, 5.41) is 3.34. The van der Waals surface area contributed by atoms with Gasteiger partial charge in [-0.2, -0.15) is 0 Å². The predicted molar refractivity (Wildman–Crippen MR) is 140 cm³/mol. The molecule has 3 saturated carbocycles. The SMILES string of the molecule is CCOc1cc(C2CCCCC2NC(=O)c2ccc(OCC3CC3)c(OCC3CC3)c2)ccc1OC. The minimum Gasteiger partial charge on any atom is -0.493 e. The van der Waals surface area contributed by atoms with Crippen LogP contribution < -0.4 is 24.3 Å². The van der Waals surface area contributed by atoms with E-state index in [9.17, 15) is 4.79 Å². The van der Waals surface area contributed by atoms with Crippen molar-refractivity contribution < 1.29 is 23.7 Å². The highest BCUT2D eigenvalue weighted by Gasteiger charge is 2.30. The van der Waals surface area contributed by atoms with Crippen LogP contribution in [0.2, 0.25) is 0 Å². The van der Waals surface area contributed by atoms with E-state index in [4.69, 9.17) is 18.9 Å². The molecule has 3 fully saturated rings. The molecule has 0 radical (unpaired) electrons. The van der Waals surface area contributed by atoms with Gasteiger partial charge in [-0.1, -0.05) is 18.9 Å². The standard InChI is InChI=1S/C30H39NO5/c1-3-34-28-16-22(12-14-26(28)33-2)24-6-4-5-7-25(24)31-30(32)23-13-15-27(35-18-20-8-9-20)29(17-23)36-19-21-10-11-21/h12-17,20-21,24-25H,3-11,18-19H2,1-2H3,(H,31,32). The van der Waals surface area contributed by atoms with Crippen LogP contribution in [0, 0.1) is 11.8 Å². The molecule has 2 unspecified atom stereocenters. The van der Waals surface area contributed by atoms with Crippen LogP contribution in [0.4, 0.5) is 0 Å². The van der Waals surface area contributed by atoms with Crippen LogP contribution in [0.25, 0.3) is 0 Å². The second-order valence-corrected chi connectivity index (χ2v) is 10.5. The van der Waals surface area contributed by atoms with Crippen molar-refractivity contribution in [2.45, 2.75) is 70.3 Å². The molecule has 0 heterocycles. The third-order valence-electron chi connectivity index (χ3n) is 7.55. The first-order valence-electron chi connectivity index (χ1n) is 13.7. The normalized spacial score (nSPS) is 21.5. The van der Waals surface area contributed by atoms with E-state index in [0.717, 1.165) is 49.5 Å². The number of hydrogen-bond donors (Lipinski definition) is 1. The van der Waals surface area contributed by atoms with Crippen LogP contribution in [-0.2, 0) is 0 Å². The lowest BCUT2D eigenvalue weighted by Gasteiger charge is -2.33.